The third kappa shape index (κ3) is 57.6. The van der Waals surface area contributed by atoms with Crippen molar-refractivity contribution in [3.8, 4) is 0 Å². The van der Waals surface area contributed by atoms with Gasteiger partial charge in [0, 0.05) is 19.3 Å². The molecular formula is C65H114O6. The fourth-order valence-corrected chi connectivity index (χ4v) is 8.59. The molecular weight excluding hydrogens is 877 g/mol. The molecule has 6 nitrogen and oxygen atoms in total. The Balaban J connectivity index is 4.44. The topological polar surface area (TPSA) is 78.9 Å². The van der Waals surface area contributed by atoms with Crippen molar-refractivity contribution < 1.29 is 28.6 Å². The number of ether oxygens (including phenoxy) is 3. The number of carbonyl (C=O) groups excluding carboxylic acids is 3. The van der Waals surface area contributed by atoms with Crippen LogP contribution < -0.4 is 0 Å². The van der Waals surface area contributed by atoms with Gasteiger partial charge in [0.1, 0.15) is 13.2 Å². The van der Waals surface area contributed by atoms with E-state index in [0.717, 1.165) is 103 Å². The predicted octanol–water partition coefficient (Wildman–Crippen LogP) is 20.5. The van der Waals surface area contributed by atoms with Gasteiger partial charge in [-0.3, -0.25) is 14.4 Å². The lowest BCUT2D eigenvalue weighted by atomic mass is 10.1. The summed E-state index contributed by atoms with van der Waals surface area (Å²) in [5.41, 5.74) is 0. The number of hydrogen-bond donors (Lipinski definition) is 0. The molecule has 0 fully saturated rings. The predicted molar refractivity (Wildman–Crippen MR) is 307 cm³/mol. The van der Waals surface area contributed by atoms with E-state index in [2.05, 4.69) is 93.7 Å². The van der Waals surface area contributed by atoms with Gasteiger partial charge in [-0.25, -0.2) is 0 Å². The Kier molecular flexibility index (Phi) is 56.8. The lowest BCUT2D eigenvalue weighted by Gasteiger charge is -2.18. The molecule has 0 bridgehead atoms. The Morgan fingerprint density at radius 3 is 0.930 bits per heavy atom. The van der Waals surface area contributed by atoms with Crippen molar-refractivity contribution in [3.05, 3.63) is 72.9 Å². The third-order valence-electron chi connectivity index (χ3n) is 13.2. The number of rotatable bonds is 55. The molecule has 0 aromatic carbocycles. The van der Waals surface area contributed by atoms with E-state index in [4.69, 9.17) is 14.2 Å². The molecule has 0 saturated carbocycles. The fraction of sp³-hybridized carbons (Fsp3) is 0.769. The number of hydrogen-bond acceptors (Lipinski definition) is 6. The monoisotopic (exact) mass is 991 g/mol. The van der Waals surface area contributed by atoms with Crippen LogP contribution in [0.1, 0.15) is 303 Å². The van der Waals surface area contributed by atoms with Gasteiger partial charge in [0.15, 0.2) is 6.10 Å². The Bertz CT molecular complexity index is 1320. The van der Waals surface area contributed by atoms with Crippen molar-refractivity contribution in [2.75, 3.05) is 13.2 Å². The molecule has 1 atom stereocenters. The van der Waals surface area contributed by atoms with E-state index in [1.807, 2.05) is 0 Å². The maximum Gasteiger partial charge on any atom is 0.306 e. The van der Waals surface area contributed by atoms with Crippen LogP contribution in [0.15, 0.2) is 72.9 Å². The average Bonchev–Trinajstić information content (AvgIpc) is 3.37. The van der Waals surface area contributed by atoms with Crippen molar-refractivity contribution >= 4 is 17.9 Å². The van der Waals surface area contributed by atoms with Crippen LogP contribution in [0.25, 0.3) is 0 Å². The quantitative estimate of drug-likeness (QED) is 0.0199. The number of unbranched alkanes of at least 4 members (excludes halogenated alkanes) is 34. The molecule has 0 heterocycles. The molecule has 0 N–H and O–H groups in total. The highest BCUT2D eigenvalue weighted by atomic mass is 16.6. The van der Waals surface area contributed by atoms with E-state index in [-0.39, 0.29) is 31.1 Å². The molecule has 0 rings (SSSR count). The van der Waals surface area contributed by atoms with Crippen molar-refractivity contribution in [2.24, 2.45) is 0 Å². The second-order valence-corrected chi connectivity index (χ2v) is 20.3. The van der Waals surface area contributed by atoms with Gasteiger partial charge in [0.25, 0.3) is 0 Å². The number of carbonyl (C=O) groups is 3. The summed E-state index contributed by atoms with van der Waals surface area (Å²) < 4.78 is 16.9. The first kappa shape index (κ1) is 67.8. The highest BCUT2D eigenvalue weighted by Gasteiger charge is 2.19. The van der Waals surface area contributed by atoms with Crippen molar-refractivity contribution in [2.45, 2.75) is 309 Å². The van der Waals surface area contributed by atoms with E-state index >= 15 is 0 Å². The summed E-state index contributed by atoms with van der Waals surface area (Å²) in [5.74, 6) is -0.913. The number of allylic oxidation sites excluding steroid dienone is 12. The molecule has 0 radical (unpaired) electrons. The van der Waals surface area contributed by atoms with Gasteiger partial charge in [0.05, 0.1) is 0 Å². The van der Waals surface area contributed by atoms with Crippen LogP contribution in [0.4, 0.5) is 0 Å². The molecule has 0 spiro atoms. The van der Waals surface area contributed by atoms with Gasteiger partial charge < -0.3 is 14.2 Å². The van der Waals surface area contributed by atoms with Gasteiger partial charge in [-0.2, -0.15) is 0 Å². The minimum atomic E-state index is -0.793. The first-order chi connectivity index (χ1) is 35.0. The summed E-state index contributed by atoms with van der Waals surface area (Å²) in [7, 11) is 0. The Morgan fingerprint density at radius 2 is 0.563 bits per heavy atom. The molecule has 410 valence electrons. The third-order valence-corrected chi connectivity index (χ3v) is 13.2. The fourth-order valence-electron chi connectivity index (χ4n) is 8.59. The maximum atomic E-state index is 12.9. The van der Waals surface area contributed by atoms with Crippen LogP contribution in [0.3, 0.4) is 0 Å². The summed E-state index contributed by atoms with van der Waals surface area (Å²) >= 11 is 0. The van der Waals surface area contributed by atoms with Gasteiger partial charge >= 0.3 is 17.9 Å². The SMILES string of the molecule is CCCCC/C=C\C/C=C\CCCCCCCCCC(=O)OCC(COC(=O)CCCCCCC\C=C/C=C\C=C/CCCCCCC)OC(=O)CCCCCCC/C=C\CCCCCCCCCCC. The Morgan fingerprint density at radius 1 is 0.296 bits per heavy atom. The minimum absolute atomic E-state index is 0.0890. The first-order valence-electron chi connectivity index (χ1n) is 30.5. The van der Waals surface area contributed by atoms with Crippen LogP contribution >= 0.6 is 0 Å². The highest BCUT2D eigenvalue weighted by Crippen LogP contribution is 2.15. The zero-order valence-corrected chi connectivity index (χ0v) is 47.0. The Hall–Kier alpha value is -3.15. The standard InChI is InChI=1S/C65H114O6/c1-4-7-10-13-16-19-22-25-28-31-34-37-40-43-46-49-52-55-58-64(67)70-61-62(60-69-63(66)57-54-51-48-45-42-39-36-33-30-27-24-21-18-15-12-9-6-3)71-65(68)59-56-53-50-47-44-41-38-35-32-29-26-23-20-17-14-11-8-5-2/h18,21-22,25,27-28,30-31,34-35,37-38,62H,4-17,19-20,23-24,26,29,32-33,36,39-61H2,1-3H3/b21-18-,25-22-,30-27-,31-28-,37-34-,38-35-. The molecule has 0 saturated heterocycles. The van der Waals surface area contributed by atoms with E-state index in [0.29, 0.717) is 19.3 Å². The molecule has 0 amide bonds. The zero-order chi connectivity index (χ0) is 51.4. The van der Waals surface area contributed by atoms with E-state index < -0.39 is 6.10 Å². The summed E-state index contributed by atoms with van der Waals surface area (Å²) in [6, 6.07) is 0. The zero-order valence-electron chi connectivity index (χ0n) is 47.0. The Labute approximate surface area is 440 Å². The first-order valence-corrected chi connectivity index (χ1v) is 30.5. The minimum Gasteiger partial charge on any atom is -0.462 e. The van der Waals surface area contributed by atoms with Crippen LogP contribution in [0.5, 0.6) is 0 Å². The lowest BCUT2D eigenvalue weighted by molar-refractivity contribution is -0.167. The molecule has 0 aliphatic carbocycles. The van der Waals surface area contributed by atoms with E-state index in [1.54, 1.807) is 0 Å². The maximum absolute atomic E-state index is 12.9. The molecule has 0 aliphatic rings. The van der Waals surface area contributed by atoms with Gasteiger partial charge in [-0.05, 0) is 103 Å². The van der Waals surface area contributed by atoms with Gasteiger partial charge in [-0.1, -0.05) is 254 Å². The number of esters is 3. The summed E-state index contributed by atoms with van der Waals surface area (Å²) in [5, 5.41) is 0. The largest absolute Gasteiger partial charge is 0.462 e. The van der Waals surface area contributed by atoms with Crippen LogP contribution in [-0.4, -0.2) is 37.2 Å². The molecule has 0 aromatic heterocycles. The van der Waals surface area contributed by atoms with E-state index in [9.17, 15) is 14.4 Å². The summed E-state index contributed by atoms with van der Waals surface area (Å²) in [6.07, 6.45) is 76.0. The normalized spacial score (nSPS) is 12.5. The van der Waals surface area contributed by atoms with Crippen molar-refractivity contribution in [1.82, 2.24) is 0 Å². The molecule has 1 unspecified atom stereocenters. The van der Waals surface area contributed by atoms with Crippen LogP contribution in [-0.2, 0) is 28.6 Å². The molecule has 71 heavy (non-hydrogen) atoms. The van der Waals surface area contributed by atoms with Crippen LogP contribution in [0, 0.1) is 0 Å². The second-order valence-electron chi connectivity index (χ2n) is 20.3. The van der Waals surface area contributed by atoms with Gasteiger partial charge in [0.2, 0.25) is 0 Å². The molecule has 0 aromatic rings. The lowest BCUT2D eigenvalue weighted by Crippen LogP contribution is -2.30. The molecule has 0 aliphatic heterocycles. The molecule has 6 heteroatoms. The van der Waals surface area contributed by atoms with Crippen molar-refractivity contribution in [3.63, 3.8) is 0 Å². The average molecular weight is 992 g/mol. The second kappa shape index (κ2) is 59.4. The van der Waals surface area contributed by atoms with E-state index in [1.165, 1.54) is 161 Å². The van der Waals surface area contributed by atoms with Crippen LogP contribution in [0.2, 0.25) is 0 Å². The smallest absolute Gasteiger partial charge is 0.306 e. The highest BCUT2D eigenvalue weighted by molar-refractivity contribution is 5.71. The summed E-state index contributed by atoms with van der Waals surface area (Å²) in [4.78, 5) is 38.2. The van der Waals surface area contributed by atoms with Gasteiger partial charge in [-0.15, -0.1) is 0 Å². The summed E-state index contributed by atoms with van der Waals surface area (Å²) in [6.45, 7) is 6.60. The van der Waals surface area contributed by atoms with Crippen molar-refractivity contribution in [1.29, 1.82) is 0 Å².